The van der Waals surface area contributed by atoms with Crippen LogP contribution in [-0.2, 0) is 5.41 Å². The van der Waals surface area contributed by atoms with E-state index < -0.39 is 5.54 Å². The largest absolute Gasteiger partial charge is 0.396 e. The van der Waals surface area contributed by atoms with Gasteiger partial charge in [-0.2, -0.15) is 0 Å². The number of urea groups is 1. The van der Waals surface area contributed by atoms with E-state index in [-0.39, 0.29) is 18.1 Å². The molecule has 0 saturated carbocycles. The van der Waals surface area contributed by atoms with Gasteiger partial charge in [0, 0.05) is 23.6 Å². The highest BCUT2D eigenvalue weighted by Crippen LogP contribution is 2.24. The molecular weight excluding hydrogens is 246 g/mol. The van der Waals surface area contributed by atoms with Crippen molar-refractivity contribution in [2.24, 2.45) is 0 Å². The van der Waals surface area contributed by atoms with Crippen LogP contribution >= 0.6 is 0 Å². The Morgan fingerprint density at radius 1 is 1.37 bits per heavy atom. The van der Waals surface area contributed by atoms with E-state index in [1.807, 2.05) is 34.6 Å². The van der Waals surface area contributed by atoms with Crippen molar-refractivity contribution in [1.29, 1.82) is 0 Å². The molecule has 19 heavy (non-hydrogen) atoms. The molecule has 108 valence electrons. The van der Waals surface area contributed by atoms with Crippen LogP contribution in [0.15, 0.2) is 10.6 Å². The maximum Gasteiger partial charge on any atom is 0.320 e. The molecular formula is C13H23N3O3. The monoisotopic (exact) mass is 269 g/mol. The molecule has 0 unspecified atom stereocenters. The number of amides is 2. The highest BCUT2D eigenvalue weighted by molar-refractivity contribution is 5.88. The van der Waals surface area contributed by atoms with Crippen LogP contribution < -0.4 is 10.6 Å². The zero-order valence-corrected chi connectivity index (χ0v) is 12.2. The van der Waals surface area contributed by atoms with E-state index in [9.17, 15) is 4.79 Å². The van der Waals surface area contributed by atoms with E-state index in [1.165, 1.54) is 0 Å². The quantitative estimate of drug-likeness (QED) is 0.782. The van der Waals surface area contributed by atoms with Gasteiger partial charge in [0.25, 0.3) is 0 Å². The molecule has 0 aromatic carbocycles. The molecule has 0 spiro atoms. The fraction of sp³-hybridized carbons (Fsp3) is 0.692. The summed E-state index contributed by atoms with van der Waals surface area (Å²) in [4.78, 5) is 11.8. The van der Waals surface area contributed by atoms with Crippen LogP contribution in [0.2, 0.25) is 0 Å². The number of aliphatic hydroxyl groups excluding tert-OH is 1. The van der Waals surface area contributed by atoms with E-state index in [4.69, 9.17) is 9.63 Å². The minimum absolute atomic E-state index is 0.0193. The predicted octanol–water partition coefficient (Wildman–Crippen LogP) is 2.25. The molecule has 0 saturated heterocycles. The first-order valence-corrected chi connectivity index (χ1v) is 6.31. The second-order valence-corrected chi connectivity index (χ2v) is 6.26. The van der Waals surface area contributed by atoms with Gasteiger partial charge in [0.1, 0.15) is 5.76 Å². The summed E-state index contributed by atoms with van der Waals surface area (Å²) in [7, 11) is 0. The average molecular weight is 269 g/mol. The molecule has 1 rings (SSSR count). The smallest absolute Gasteiger partial charge is 0.320 e. The molecule has 6 nitrogen and oxygen atoms in total. The molecule has 0 radical (unpaired) electrons. The zero-order valence-electron chi connectivity index (χ0n) is 12.2. The Bertz CT molecular complexity index is 433. The number of aliphatic hydroxyl groups is 1. The third-order valence-electron chi connectivity index (χ3n) is 2.68. The number of rotatable bonds is 4. The van der Waals surface area contributed by atoms with E-state index in [2.05, 4.69) is 15.8 Å². The Morgan fingerprint density at radius 3 is 2.47 bits per heavy atom. The Morgan fingerprint density at radius 2 is 2.00 bits per heavy atom. The summed E-state index contributed by atoms with van der Waals surface area (Å²) < 4.78 is 5.18. The Balaban J connectivity index is 2.60. The first-order valence-electron chi connectivity index (χ1n) is 6.31. The van der Waals surface area contributed by atoms with Gasteiger partial charge in [-0.05, 0) is 20.3 Å². The molecule has 6 heteroatoms. The van der Waals surface area contributed by atoms with E-state index in [0.29, 0.717) is 18.0 Å². The summed E-state index contributed by atoms with van der Waals surface area (Å²) in [5.41, 5.74) is -0.630. The summed E-state index contributed by atoms with van der Waals surface area (Å²) in [6.45, 7) is 9.70. The standard InChI is InChI=1S/C13H23N3O3/c1-12(2,3)9-8-10(16-19-9)14-11(18)15-13(4,5)6-7-17/h8,17H,6-7H2,1-5H3,(H2,14,15,16,18). The topological polar surface area (TPSA) is 87.4 Å². The highest BCUT2D eigenvalue weighted by atomic mass is 16.5. The van der Waals surface area contributed by atoms with Crippen molar-refractivity contribution in [3.63, 3.8) is 0 Å². The zero-order chi connectivity index (χ0) is 14.7. The second kappa shape index (κ2) is 5.61. The SMILES string of the molecule is CC(C)(CCO)NC(=O)Nc1cc(C(C)(C)C)on1. The number of aromatic nitrogens is 1. The van der Waals surface area contributed by atoms with Crippen molar-refractivity contribution in [1.82, 2.24) is 10.5 Å². The first-order chi connectivity index (χ1) is 8.64. The van der Waals surface area contributed by atoms with Crippen LogP contribution in [0, 0.1) is 0 Å². The van der Waals surface area contributed by atoms with Crippen molar-refractivity contribution < 1.29 is 14.4 Å². The predicted molar refractivity (Wildman–Crippen MR) is 73.1 cm³/mol. The Hall–Kier alpha value is -1.56. The molecule has 0 aliphatic heterocycles. The number of hydrogen-bond donors (Lipinski definition) is 3. The van der Waals surface area contributed by atoms with Crippen LogP contribution in [-0.4, -0.2) is 28.4 Å². The lowest BCUT2D eigenvalue weighted by Gasteiger charge is -2.24. The van der Waals surface area contributed by atoms with Crippen LogP contribution in [0.3, 0.4) is 0 Å². The fourth-order valence-electron chi connectivity index (χ4n) is 1.48. The number of carbonyl (C=O) groups excluding carboxylic acids is 1. The maximum absolute atomic E-state index is 11.8. The van der Waals surface area contributed by atoms with Gasteiger partial charge in [0.15, 0.2) is 5.82 Å². The lowest BCUT2D eigenvalue weighted by molar-refractivity contribution is 0.218. The number of nitrogens with zero attached hydrogens (tertiary/aromatic N) is 1. The third kappa shape index (κ3) is 4.90. The summed E-state index contributed by atoms with van der Waals surface area (Å²) in [6.07, 6.45) is 0.479. The van der Waals surface area contributed by atoms with Gasteiger partial charge in [-0.3, -0.25) is 5.32 Å². The van der Waals surface area contributed by atoms with Gasteiger partial charge < -0.3 is 14.9 Å². The van der Waals surface area contributed by atoms with Crippen molar-refractivity contribution in [3.05, 3.63) is 11.8 Å². The summed E-state index contributed by atoms with van der Waals surface area (Å²) in [6, 6.07) is 1.34. The molecule has 1 heterocycles. The van der Waals surface area contributed by atoms with Gasteiger partial charge >= 0.3 is 6.03 Å². The average Bonchev–Trinajstić information content (AvgIpc) is 2.63. The summed E-state index contributed by atoms with van der Waals surface area (Å²) >= 11 is 0. The molecule has 0 fully saturated rings. The van der Waals surface area contributed by atoms with E-state index in [0.717, 1.165) is 0 Å². The molecule has 0 atom stereocenters. The molecule has 0 bridgehead atoms. The molecule has 1 aromatic rings. The minimum atomic E-state index is -0.477. The Labute approximate surface area is 113 Å². The number of hydrogen-bond acceptors (Lipinski definition) is 4. The molecule has 0 aliphatic rings. The van der Waals surface area contributed by atoms with Crippen molar-refractivity contribution in [2.75, 3.05) is 11.9 Å². The number of anilines is 1. The van der Waals surface area contributed by atoms with Gasteiger partial charge in [0.2, 0.25) is 0 Å². The van der Waals surface area contributed by atoms with Gasteiger partial charge in [-0.15, -0.1) is 0 Å². The van der Waals surface area contributed by atoms with Crippen molar-refractivity contribution >= 4 is 11.8 Å². The molecule has 3 N–H and O–H groups in total. The summed E-state index contributed by atoms with van der Waals surface area (Å²) in [5.74, 6) is 1.08. The van der Waals surface area contributed by atoms with Crippen LogP contribution in [0.1, 0.15) is 46.8 Å². The number of nitrogens with one attached hydrogen (secondary N) is 2. The third-order valence-corrected chi connectivity index (χ3v) is 2.68. The van der Waals surface area contributed by atoms with Gasteiger partial charge in [-0.1, -0.05) is 25.9 Å². The fourth-order valence-corrected chi connectivity index (χ4v) is 1.48. The van der Waals surface area contributed by atoms with Gasteiger partial charge in [-0.25, -0.2) is 4.79 Å². The molecule has 1 aromatic heterocycles. The van der Waals surface area contributed by atoms with Crippen LogP contribution in [0.5, 0.6) is 0 Å². The maximum atomic E-state index is 11.8. The first kappa shape index (κ1) is 15.5. The highest BCUT2D eigenvalue weighted by Gasteiger charge is 2.22. The van der Waals surface area contributed by atoms with Crippen molar-refractivity contribution in [2.45, 2.75) is 52.0 Å². The molecule has 2 amide bonds. The van der Waals surface area contributed by atoms with E-state index >= 15 is 0 Å². The lowest BCUT2D eigenvalue weighted by Crippen LogP contribution is -2.46. The summed E-state index contributed by atoms with van der Waals surface area (Å²) in [5, 5.41) is 18.1. The van der Waals surface area contributed by atoms with Crippen molar-refractivity contribution in [3.8, 4) is 0 Å². The van der Waals surface area contributed by atoms with Crippen LogP contribution in [0.25, 0.3) is 0 Å². The number of carbonyl (C=O) groups is 1. The van der Waals surface area contributed by atoms with E-state index in [1.54, 1.807) is 6.07 Å². The lowest BCUT2D eigenvalue weighted by atomic mass is 9.93. The Kier molecular flexibility index (Phi) is 4.57. The van der Waals surface area contributed by atoms with Gasteiger partial charge in [0.05, 0.1) is 0 Å². The normalized spacial score (nSPS) is 12.3. The van der Waals surface area contributed by atoms with Crippen LogP contribution in [0.4, 0.5) is 10.6 Å². The minimum Gasteiger partial charge on any atom is -0.396 e. The second-order valence-electron chi connectivity index (χ2n) is 6.26. The molecule has 0 aliphatic carbocycles.